The number of anilines is 1. The molecule has 0 aliphatic carbocycles. The average Bonchev–Trinajstić information content (AvgIpc) is 2.39. The molecule has 0 radical (unpaired) electrons. The van der Waals surface area contributed by atoms with Crippen LogP contribution in [0.25, 0.3) is 0 Å². The van der Waals surface area contributed by atoms with Gasteiger partial charge in [0.05, 0.1) is 0 Å². The number of benzene rings is 1. The van der Waals surface area contributed by atoms with Crippen LogP contribution in [-0.4, -0.2) is 42.0 Å². The number of carbonyl (C=O) groups is 2. The van der Waals surface area contributed by atoms with Crippen molar-refractivity contribution in [1.82, 2.24) is 10.2 Å². The van der Waals surface area contributed by atoms with E-state index in [2.05, 4.69) is 15.6 Å². The fraction of sp³-hybridized carbons (Fsp3) is 0.308. The summed E-state index contributed by atoms with van der Waals surface area (Å²) in [6, 6.07) is 8.20. The van der Waals surface area contributed by atoms with Gasteiger partial charge in [-0.3, -0.25) is 5.32 Å². The van der Waals surface area contributed by atoms with Gasteiger partial charge in [-0.25, -0.2) is 9.59 Å². The van der Waals surface area contributed by atoms with Crippen LogP contribution in [0.15, 0.2) is 35.3 Å². The van der Waals surface area contributed by atoms with Gasteiger partial charge < -0.3 is 10.2 Å². The third-order valence-corrected chi connectivity index (χ3v) is 2.87. The number of hydrogen-bond acceptors (Lipinski definition) is 3. The molecule has 2 N–H and O–H groups in total. The monoisotopic (exact) mass is 294 g/mol. The van der Waals surface area contributed by atoms with Crippen LogP contribution >= 0.6 is 11.8 Å². The number of aliphatic imine (C=N–C) groups is 1. The molecular weight excluding hydrogens is 276 g/mol. The minimum absolute atomic E-state index is 0.277. The highest BCUT2D eigenvalue weighted by Gasteiger charge is 2.09. The molecule has 0 aliphatic rings. The Labute approximate surface area is 122 Å². The standard InChI is InChI=1S/C13H18N4O2S/c1-4-20-12(16-13(19)17(2)3)15-11(18)14-10-8-6-5-7-9-10/h5-9H,4H2,1-3H3,(H2,14,15,16,18,19). The van der Waals surface area contributed by atoms with E-state index in [4.69, 9.17) is 0 Å². The molecule has 0 aliphatic heterocycles. The maximum atomic E-state index is 11.8. The quantitative estimate of drug-likeness (QED) is 0.650. The number of urea groups is 2. The van der Waals surface area contributed by atoms with Crippen molar-refractivity contribution < 1.29 is 9.59 Å². The number of para-hydroxylation sites is 1. The largest absolute Gasteiger partial charge is 0.345 e. The predicted molar refractivity (Wildman–Crippen MR) is 83.2 cm³/mol. The van der Waals surface area contributed by atoms with Gasteiger partial charge in [0.25, 0.3) is 0 Å². The van der Waals surface area contributed by atoms with Crippen LogP contribution < -0.4 is 10.6 Å². The van der Waals surface area contributed by atoms with E-state index in [0.29, 0.717) is 11.4 Å². The molecule has 0 fully saturated rings. The van der Waals surface area contributed by atoms with E-state index in [1.165, 1.54) is 16.7 Å². The number of amides is 4. The van der Waals surface area contributed by atoms with Gasteiger partial charge in [-0.2, -0.15) is 4.99 Å². The van der Waals surface area contributed by atoms with Crippen LogP contribution in [0.2, 0.25) is 0 Å². The normalized spacial score (nSPS) is 10.8. The second-order valence-electron chi connectivity index (χ2n) is 3.97. The summed E-state index contributed by atoms with van der Waals surface area (Å²) in [5.41, 5.74) is 0.671. The Balaban J connectivity index is 2.66. The molecular formula is C13H18N4O2S. The molecule has 6 nitrogen and oxygen atoms in total. The summed E-state index contributed by atoms with van der Waals surface area (Å²) < 4.78 is 0. The van der Waals surface area contributed by atoms with Crippen molar-refractivity contribution in [1.29, 1.82) is 0 Å². The number of amidine groups is 1. The van der Waals surface area contributed by atoms with Gasteiger partial charge in [-0.1, -0.05) is 36.9 Å². The van der Waals surface area contributed by atoms with Gasteiger partial charge in [0, 0.05) is 19.8 Å². The molecule has 0 heterocycles. The van der Waals surface area contributed by atoms with Crippen molar-refractivity contribution in [3.05, 3.63) is 30.3 Å². The molecule has 0 spiro atoms. The van der Waals surface area contributed by atoms with Gasteiger partial charge in [0.15, 0.2) is 5.17 Å². The van der Waals surface area contributed by atoms with Crippen molar-refractivity contribution in [2.24, 2.45) is 4.99 Å². The summed E-state index contributed by atoms with van der Waals surface area (Å²) in [4.78, 5) is 28.5. The SMILES string of the molecule is CCSC(=NC(=O)N(C)C)NC(=O)Nc1ccccc1. The van der Waals surface area contributed by atoms with Crippen molar-refractivity contribution in [2.45, 2.75) is 6.92 Å². The second kappa shape index (κ2) is 8.21. The molecule has 0 saturated carbocycles. The maximum Gasteiger partial charge on any atom is 0.345 e. The first-order valence-corrected chi connectivity index (χ1v) is 7.07. The highest BCUT2D eigenvalue weighted by Crippen LogP contribution is 2.06. The first kappa shape index (κ1) is 16.0. The molecule has 0 unspecified atom stereocenters. The lowest BCUT2D eigenvalue weighted by Crippen LogP contribution is -2.34. The van der Waals surface area contributed by atoms with Crippen LogP contribution in [-0.2, 0) is 0 Å². The lowest BCUT2D eigenvalue weighted by molar-refractivity contribution is 0.227. The van der Waals surface area contributed by atoms with Gasteiger partial charge >= 0.3 is 12.1 Å². The number of thioether (sulfide) groups is 1. The van der Waals surface area contributed by atoms with Crippen LogP contribution in [0, 0.1) is 0 Å². The molecule has 1 rings (SSSR count). The molecule has 0 aromatic heterocycles. The summed E-state index contributed by atoms with van der Waals surface area (Å²) in [6.45, 7) is 1.91. The molecule has 7 heteroatoms. The lowest BCUT2D eigenvalue weighted by Gasteiger charge is -2.10. The molecule has 1 aromatic carbocycles. The molecule has 108 valence electrons. The Morgan fingerprint density at radius 1 is 1.25 bits per heavy atom. The Morgan fingerprint density at radius 3 is 2.45 bits per heavy atom. The number of nitrogens with zero attached hydrogens (tertiary/aromatic N) is 2. The third-order valence-electron chi connectivity index (χ3n) is 2.11. The Morgan fingerprint density at radius 2 is 1.90 bits per heavy atom. The highest BCUT2D eigenvalue weighted by molar-refractivity contribution is 8.13. The van der Waals surface area contributed by atoms with E-state index in [1.54, 1.807) is 26.2 Å². The summed E-state index contributed by atoms with van der Waals surface area (Å²) in [5, 5.41) is 5.51. The Hall–Kier alpha value is -2.02. The van der Waals surface area contributed by atoms with E-state index in [-0.39, 0.29) is 5.17 Å². The van der Waals surface area contributed by atoms with Crippen molar-refractivity contribution >= 4 is 34.7 Å². The summed E-state index contributed by atoms with van der Waals surface area (Å²) in [7, 11) is 3.20. The molecule has 0 saturated heterocycles. The topological polar surface area (TPSA) is 73.8 Å². The number of carbonyl (C=O) groups excluding carboxylic acids is 2. The fourth-order valence-corrected chi connectivity index (χ4v) is 1.78. The highest BCUT2D eigenvalue weighted by atomic mass is 32.2. The zero-order chi connectivity index (χ0) is 15.0. The maximum absolute atomic E-state index is 11.8. The summed E-state index contributed by atoms with van der Waals surface area (Å²) in [5.74, 6) is 0.700. The first-order valence-electron chi connectivity index (χ1n) is 6.08. The van der Waals surface area contributed by atoms with Crippen LogP contribution in [0.3, 0.4) is 0 Å². The van der Waals surface area contributed by atoms with E-state index in [0.717, 1.165) is 0 Å². The summed E-state index contributed by atoms with van der Waals surface area (Å²) >= 11 is 1.29. The Kier molecular flexibility index (Phi) is 6.58. The van der Waals surface area contributed by atoms with Crippen molar-refractivity contribution in [3.8, 4) is 0 Å². The molecule has 0 bridgehead atoms. The van der Waals surface area contributed by atoms with Crippen LogP contribution in [0.4, 0.5) is 15.3 Å². The number of rotatable bonds is 2. The third kappa shape index (κ3) is 5.75. The van der Waals surface area contributed by atoms with Crippen LogP contribution in [0.1, 0.15) is 6.92 Å². The van der Waals surface area contributed by atoms with E-state index in [9.17, 15) is 9.59 Å². The summed E-state index contributed by atoms with van der Waals surface area (Å²) in [6.07, 6.45) is 0. The molecule has 1 aromatic rings. The van der Waals surface area contributed by atoms with E-state index < -0.39 is 12.1 Å². The Bertz CT molecular complexity index is 488. The zero-order valence-corrected chi connectivity index (χ0v) is 12.5. The smallest absolute Gasteiger partial charge is 0.329 e. The zero-order valence-electron chi connectivity index (χ0n) is 11.7. The fourth-order valence-electron chi connectivity index (χ4n) is 1.20. The average molecular weight is 294 g/mol. The molecule has 20 heavy (non-hydrogen) atoms. The van der Waals surface area contributed by atoms with E-state index >= 15 is 0 Å². The predicted octanol–water partition coefficient (Wildman–Crippen LogP) is 2.60. The van der Waals surface area contributed by atoms with Crippen molar-refractivity contribution in [3.63, 3.8) is 0 Å². The van der Waals surface area contributed by atoms with Gasteiger partial charge in [0.1, 0.15) is 0 Å². The minimum Gasteiger partial charge on any atom is -0.329 e. The first-order chi connectivity index (χ1) is 9.52. The minimum atomic E-state index is -0.428. The number of hydrogen-bond donors (Lipinski definition) is 2. The van der Waals surface area contributed by atoms with E-state index in [1.807, 2.05) is 25.1 Å². The number of nitrogens with one attached hydrogen (secondary N) is 2. The second-order valence-corrected chi connectivity index (χ2v) is 5.22. The van der Waals surface area contributed by atoms with Gasteiger partial charge in [0.2, 0.25) is 0 Å². The lowest BCUT2D eigenvalue weighted by atomic mass is 10.3. The molecule has 4 amide bonds. The van der Waals surface area contributed by atoms with Gasteiger partial charge in [-0.15, -0.1) is 0 Å². The molecule has 0 atom stereocenters. The van der Waals surface area contributed by atoms with Crippen molar-refractivity contribution in [2.75, 3.05) is 25.2 Å². The van der Waals surface area contributed by atoms with Crippen LogP contribution in [0.5, 0.6) is 0 Å². The van der Waals surface area contributed by atoms with Gasteiger partial charge in [-0.05, 0) is 17.9 Å².